The van der Waals surface area contributed by atoms with Crippen molar-refractivity contribution in [2.45, 2.75) is 51.7 Å². The van der Waals surface area contributed by atoms with Crippen LogP contribution in [0, 0.1) is 5.41 Å². The Labute approximate surface area is 109 Å². The van der Waals surface area contributed by atoms with Gasteiger partial charge in [-0.3, -0.25) is 10.3 Å². The van der Waals surface area contributed by atoms with Gasteiger partial charge < -0.3 is 5.73 Å². The summed E-state index contributed by atoms with van der Waals surface area (Å²) in [5.74, 6) is 0.150. The molecule has 3 heteroatoms. The van der Waals surface area contributed by atoms with Gasteiger partial charge in [0.25, 0.3) is 0 Å². The van der Waals surface area contributed by atoms with Gasteiger partial charge in [-0.2, -0.15) is 0 Å². The molecule has 1 saturated heterocycles. The number of nitrogen functional groups attached to an aromatic ring is 1. The molecule has 18 heavy (non-hydrogen) atoms. The summed E-state index contributed by atoms with van der Waals surface area (Å²) in [6.45, 7) is 5.58. The number of piperidine rings is 1. The number of rotatable bonds is 3. The Morgan fingerprint density at radius 1 is 1.33 bits per heavy atom. The Morgan fingerprint density at radius 3 is 2.61 bits per heavy atom. The summed E-state index contributed by atoms with van der Waals surface area (Å²) >= 11 is 0. The van der Waals surface area contributed by atoms with Gasteiger partial charge in [0.15, 0.2) is 0 Å². The number of hydrogen-bond acceptors (Lipinski definition) is 2. The van der Waals surface area contributed by atoms with E-state index in [4.69, 9.17) is 11.1 Å². The van der Waals surface area contributed by atoms with Crippen LogP contribution in [0.2, 0.25) is 0 Å². The van der Waals surface area contributed by atoms with E-state index in [-0.39, 0.29) is 5.84 Å². The molecule has 0 bridgehead atoms. The second kappa shape index (κ2) is 5.53. The summed E-state index contributed by atoms with van der Waals surface area (Å²) in [5, 5.41) is 7.50. The highest BCUT2D eigenvalue weighted by Crippen LogP contribution is 2.24. The molecule has 1 aliphatic rings. The molecule has 0 aromatic heterocycles. The lowest BCUT2D eigenvalue weighted by Crippen LogP contribution is -2.42. The van der Waals surface area contributed by atoms with E-state index < -0.39 is 0 Å². The van der Waals surface area contributed by atoms with E-state index in [1.54, 1.807) is 0 Å². The molecule has 0 radical (unpaired) electrons. The molecule has 2 rings (SSSR count). The fourth-order valence-corrected chi connectivity index (χ4v) is 2.83. The third kappa shape index (κ3) is 2.91. The largest absolute Gasteiger partial charge is 0.384 e. The molecule has 3 nitrogen and oxygen atoms in total. The highest BCUT2D eigenvalue weighted by Gasteiger charge is 2.24. The maximum atomic E-state index is 7.50. The van der Waals surface area contributed by atoms with Crippen molar-refractivity contribution < 1.29 is 0 Å². The average molecular weight is 245 g/mol. The topological polar surface area (TPSA) is 53.1 Å². The lowest BCUT2D eigenvalue weighted by Gasteiger charge is -2.39. The van der Waals surface area contributed by atoms with E-state index >= 15 is 0 Å². The predicted octanol–water partition coefficient (Wildman–Crippen LogP) is 2.73. The van der Waals surface area contributed by atoms with Crippen LogP contribution in [0.25, 0.3) is 0 Å². The van der Waals surface area contributed by atoms with Crippen molar-refractivity contribution in [1.29, 1.82) is 5.41 Å². The van der Waals surface area contributed by atoms with E-state index in [1.165, 1.54) is 24.8 Å². The highest BCUT2D eigenvalue weighted by molar-refractivity contribution is 5.95. The average Bonchev–Trinajstić information content (AvgIpc) is 2.34. The number of benzene rings is 1. The number of nitrogens with zero attached hydrogens (tertiary/aromatic N) is 1. The van der Waals surface area contributed by atoms with Crippen LogP contribution < -0.4 is 5.73 Å². The standard InChI is InChI=1S/C15H23N3/c1-11-5-3-6-12(2)18(11)10-13-7-4-8-14(9-13)15(16)17/h4,7-9,11-12H,3,5-6,10H2,1-2H3,(H3,16,17)/t11-,12+. The molecule has 1 aliphatic heterocycles. The summed E-state index contributed by atoms with van der Waals surface area (Å²) in [7, 11) is 0. The van der Waals surface area contributed by atoms with Crippen molar-refractivity contribution in [3.63, 3.8) is 0 Å². The maximum absolute atomic E-state index is 7.50. The maximum Gasteiger partial charge on any atom is 0.122 e. The van der Waals surface area contributed by atoms with Gasteiger partial charge >= 0.3 is 0 Å². The van der Waals surface area contributed by atoms with Crippen molar-refractivity contribution in [1.82, 2.24) is 4.90 Å². The number of amidine groups is 1. The quantitative estimate of drug-likeness (QED) is 0.635. The van der Waals surface area contributed by atoms with Crippen LogP contribution in [0.15, 0.2) is 24.3 Å². The Kier molecular flexibility index (Phi) is 4.02. The van der Waals surface area contributed by atoms with Crippen LogP contribution in [-0.2, 0) is 6.54 Å². The number of hydrogen-bond donors (Lipinski definition) is 2. The summed E-state index contributed by atoms with van der Waals surface area (Å²) in [6.07, 6.45) is 3.92. The Bertz CT molecular complexity index is 418. The molecule has 0 unspecified atom stereocenters. The Balaban J connectivity index is 2.12. The van der Waals surface area contributed by atoms with Crippen molar-refractivity contribution in [2.75, 3.05) is 0 Å². The third-order valence-corrected chi connectivity index (χ3v) is 3.98. The minimum atomic E-state index is 0.150. The molecule has 1 aromatic rings. The normalized spacial score (nSPS) is 25.0. The second-order valence-corrected chi connectivity index (χ2v) is 5.42. The number of nitrogens with two attached hydrogens (primary N) is 1. The minimum absolute atomic E-state index is 0.150. The molecule has 1 aromatic carbocycles. The van der Waals surface area contributed by atoms with Crippen LogP contribution in [0.5, 0.6) is 0 Å². The van der Waals surface area contributed by atoms with Crippen molar-refractivity contribution in [2.24, 2.45) is 5.73 Å². The first-order valence-corrected chi connectivity index (χ1v) is 6.77. The molecular formula is C15H23N3. The molecular weight excluding hydrogens is 222 g/mol. The van der Waals surface area contributed by atoms with Crippen LogP contribution >= 0.6 is 0 Å². The Hall–Kier alpha value is -1.35. The number of nitrogens with one attached hydrogen (secondary N) is 1. The van der Waals surface area contributed by atoms with E-state index in [2.05, 4.69) is 24.8 Å². The van der Waals surface area contributed by atoms with Gasteiger partial charge in [0, 0.05) is 24.2 Å². The van der Waals surface area contributed by atoms with Gasteiger partial charge in [0.2, 0.25) is 0 Å². The van der Waals surface area contributed by atoms with Crippen LogP contribution in [0.1, 0.15) is 44.2 Å². The number of likely N-dealkylation sites (tertiary alicyclic amines) is 1. The van der Waals surface area contributed by atoms with Crippen molar-refractivity contribution >= 4 is 5.84 Å². The Morgan fingerprint density at radius 2 is 2.00 bits per heavy atom. The molecule has 1 heterocycles. The first kappa shape index (κ1) is 13.1. The predicted molar refractivity (Wildman–Crippen MR) is 75.8 cm³/mol. The molecule has 98 valence electrons. The van der Waals surface area contributed by atoms with Gasteiger partial charge in [-0.25, -0.2) is 0 Å². The van der Waals surface area contributed by atoms with E-state index in [0.29, 0.717) is 12.1 Å². The molecule has 2 atom stereocenters. The monoisotopic (exact) mass is 245 g/mol. The fourth-order valence-electron chi connectivity index (χ4n) is 2.83. The van der Waals surface area contributed by atoms with Gasteiger partial charge in [-0.1, -0.05) is 24.6 Å². The highest BCUT2D eigenvalue weighted by atomic mass is 15.2. The van der Waals surface area contributed by atoms with E-state index in [9.17, 15) is 0 Å². The summed E-state index contributed by atoms with van der Waals surface area (Å²) < 4.78 is 0. The summed E-state index contributed by atoms with van der Waals surface area (Å²) in [4.78, 5) is 2.56. The molecule has 0 saturated carbocycles. The van der Waals surface area contributed by atoms with Gasteiger partial charge in [-0.15, -0.1) is 0 Å². The third-order valence-electron chi connectivity index (χ3n) is 3.98. The zero-order valence-corrected chi connectivity index (χ0v) is 11.3. The van der Waals surface area contributed by atoms with Crippen LogP contribution in [0.4, 0.5) is 0 Å². The SMILES string of the molecule is C[C@@H]1CCC[C@H](C)N1Cc1cccc(C(=N)N)c1. The van der Waals surface area contributed by atoms with E-state index in [0.717, 1.165) is 12.1 Å². The molecule has 0 spiro atoms. The van der Waals surface area contributed by atoms with Gasteiger partial charge in [0.1, 0.15) is 5.84 Å². The van der Waals surface area contributed by atoms with Crippen LogP contribution in [-0.4, -0.2) is 22.8 Å². The molecule has 3 N–H and O–H groups in total. The molecule has 0 aliphatic carbocycles. The lowest BCUT2D eigenvalue weighted by atomic mass is 9.96. The lowest BCUT2D eigenvalue weighted by molar-refractivity contribution is 0.0953. The second-order valence-electron chi connectivity index (χ2n) is 5.42. The zero-order chi connectivity index (χ0) is 13.1. The zero-order valence-electron chi connectivity index (χ0n) is 11.3. The summed E-state index contributed by atoms with van der Waals surface area (Å²) in [6, 6.07) is 9.35. The smallest absolute Gasteiger partial charge is 0.122 e. The fraction of sp³-hybridized carbons (Fsp3) is 0.533. The molecule has 1 fully saturated rings. The first-order valence-electron chi connectivity index (χ1n) is 6.77. The summed E-state index contributed by atoms with van der Waals surface area (Å²) in [5.41, 5.74) is 7.62. The minimum Gasteiger partial charge on any atom is -0.384 e. The van der Waals surface area contributed by atoms with Gasteiger partial charge in [-0.05, 0) is 38.3 Å². The van der Waals surface area contributed by atoms with E-state index in [1.807, 2.05) is 18.2 Å². The first-order chi connectivity index (χ1) is 8.58. The van der Waals surface area contributed by atoms with Crippen LogP contribution in [0.3, 0.4) is 0 Å². The van der Waals surface area contributed by atoms with Crippen molar-refractivity contribution in [3.8, 4) is 0 Å². The van der Waals surface area contributed by atoms with Crippen molar-refractivity contribution in [3.05, 3.63) is 35.4 Å². The molecule has 0 amide bonds. The van der Waals surface area contributed by atoms with Gasteiger partial charge in [0.05, 0.1) is 0 Å².